The number of benzene rings is 2. The largest absolute Gasteiger partial charge is 0.326 e. The van der Waals surface area contributed by atoms with Crippen molar-refractivity contribution in [3.8, 4) is 0 Å². The molecule has 0 bridgehead atoms. The Bertz CT molecular complexity index is 625. The second-order valence-electron chi connectivity index (χ2n) is 7.16. The zero-order valence-electron chi connectivity index (χ0n) is 16.7. The van der Waals surface area contributed by atoms with E-state index in [0.29, 0.717) is 12.8 Å². The summed E-state index contributed by atoms with van der Waals surface area (Å²) in [4.78, 5) is 23.7. The molecule has 150 valence electrons. The van der Waals surface area contributed by atoms with Crippen LogP contribution in [0.4, 0.5) is 11.4 Å². The topological polar surface area (TPSA) is 58.2 Å². The van der Waals surface area contributed by atoms with E-state index in [2.05, 4.69) is 10.6 Å². The van der Waals surface area contributed by atoms with Gasteiger partial charge in [0.25, 0.3) is 0 Å². The molecule has 0 fully saturated rings. The molecule has 0 spiro atoms. The van der Waals surface area contributed by atoms with E-state index in [-0.39, 0.29) is 11.8 Å². The Hall–Kier alpha value is -2.62. The van der Waals surface area contributed by atoms with Gasteiger partial charge < -0.3 is 10.6 Å². The predicted octanol–water partition coefficient (Wildman–Crippen LogP) is 6.16. The molecule has 4 nitrogen and oxygen atoms in total. The Morgan fingerprint density at radius 1 is 0.500 bits per heavy atom. The van der Waals surface area contributed by atoms with Gasteiger partial charge in [0.15, 0.2) is 0 Å². The summed E-state index contributed by atoms with van der Waals surface area (Å²) in [6.07, 6.45) is 10.0. The highest BCUT2D eigenvalue weighted by Gasteiger charge is 2.03. The number of rotatable bonds is 13. The SMILES string of the molecule is O=C(CCCCCCCCCCC(=O)Nc1ccccc1)Nc1ccccc1. The van der Waals surface area contributed by atoms with Crippen LogP contribution in [0, 0.1) is 0 Å². The molecule has 0 aliphatic heterocycles. The summed E-state index contributed by atoms with van der Waals surface area (Å²) in [5, 5.41) is 5.84. The van der Waals surface area contributed by atoms with Crippen molar-refractivity contribution in [2.75, 3.05) is 10.6 Å². The number of unbranched alkanes of at least 4 members (excludes halogenated alkanes) is 7. The number of hydrogen-bond acceptors (Lipinski definition) is 2. The first-order chi connectivity index (χ1) is 13.7. The number of carbonyl (C=O) groups excluding carboxylic acids is 2. The Balaban J connectivity index is 1.37. The van der Waals surface area contributed by atoms with E-state index in [9.17, 15) is 9.59 Å². The van der Waals surface area contributed by atoms with Crippen molar-refractivity contribution in [1.29, 1.82) is 0 Å². The molecule has 0 aliphatic rings. The van der Waals surface area contributed by atoms with E-state index in [1.54, 1.807) is 0 Å². The lowest BCUT2D eigenvalue weighted by molar-refractivity contribution is -0.117. The zero-order chi connectivity index (χ0) is 19.9. The third-order valence-electron chi connectivity index (χ3n) is 4.67. The standard InChI is InChI=1S/C24H32N2O2/c27-23(25-21-15-9-7-10-16-21)19-13-5-3-1-2-4-6-14-20-24(28)26-22-17-11-8-12-18-22/h7-12,15-18H,1-6,13-14,19-20H2,(H,25,27)(H,26,28). The summed E-state index contributed by atoms with van der Waals surface area (Å²) in [6, 6.07) is 19.2. The fourth-order valence-corrected chi connectivity index (χ4v) is 3.12. The monoisotopic (exact) mass is 380 g/mol. The van der Waals surface area contributed by atoms with E-state index in [1.807, 2.05) is 60.7 Å². The fourth-order valence-electron chi connectivity index (χ4n) is 3.12. The van der Waals surface area contributed by atoms with Crippen molar-refractivity contribution in [2.24, 2.45) is 0 Å². The molecule has 0 unspecified atom stereocenters. The molecule has 2 rings (SSSR count). The third-order valence-corrected chi connectivity index (χ3v) is 4.67. The molecular weight excluding hydrogens is 348 g/mol. The maximum atomic E-state index is 11.8. The van der Waals surface area contributed by atoms with Gasteiger partial charge in [-0.05, 0) is 37.1 Å². The van der Waals surface area contributed by atoms with Crippen LogP contribution < -0.4 is 10.6 Å². The van der Waals surface area contributed by atoms with Crippen molar-refractivity contribution in [2.45, 2.75) is 64.2 Å². The third kappa shape index (κ3) is 9.91. The highest BCUT2D eigenvalue weighted by atomic mass is 16.2. The molecule has 4 heteroatoms. The maximum absolute atomic E-state index is 11.8. The van der Waals surface area contributed by atoms with Gasteiger partial charge in [0.1, 0.15) is 0 Å². The minimum atomic E-state index is 0.0972. The van der Waals surface area contributed by atoms with Crippen LogP contribution in [-0.4, -0.2) is 11.8 Å². The highest BCUT2D eigenvalue weighted by molar-refractivity contribution is 5.91. The summed E-state index contributed by atoms with van der Waals surface area (Å²) >= 11 is 0. The van der Waals surface area contributed by atoms with Gasteiger partial charge in [-0.3, -0.25) is 9.59 Å². The second kappa shape index (κ2) is 13.5. The van der Waals surface area contributed by atoms with E-state index in [0.717, 1.165) is 37.1 Å². The molecular formula is C24H32N2O2. The van der Waals surface area contributed by atoms with E-state index in [4.69, 9.17) is 0 Å². The van der Waals surface area contributed by atoms with Crippen LogP contribution in [-0.2, 0) is 9.59 Å². The molecule has 0 saturated carbocycles. The molecule has 0 heterocycles. The number of hydrogen-bond donors (Lipinski definition) is 2. The van der Waals surface area contributed by atoms with Gasteiger partial charge >= 0.3 is 0 Å². The van der Waals surface area contributed by atoms with Crippen molar-refractivity contribution >= 4 is 23.2 Å². The summed E-state index contributed by atoms with van der Waals surface area (Å²) in [7, 11) is 0. The van der Waals surface area contributed by atoms with Crippen LogP contribution in [0.5, 0.6) is 0 Å². The number of carbonyl (C=O) groups is 2. The average Bonchev–Trinajstić information content (AvgIpc) is 2.71. The Morgan fingerprint density at radius 3 is 1.18 bits per heavy atom. The van der Waals surface area contributed by atoms with Crippen LogP contribution in [0.3, 0.4) is 0 Å². The average molecular weight is 381 g/mol. The molecule has 2 N–H and O–H groups in total. The first-order valence-electron chi connectivity index (χ1n) is 10.4. The van der Waals surface area contributed by atoms with Crippen LogP contribution in [0.25, 0.3) is 0 Å². The predicted molar refractivity (Wildman–Crippen MR) is 116 cm³/mol. The van der Waals surface area contributed by atoms with E-state index in [1.165, 1.54) is 25.7 Å². The van der Waals surface area contributed by atoms with Gasteiger partial charge in [-0.25, -0.2) is 0 Å². The van der Waals surface area contributed by atoms with E-state index < -0.39 is 0 Å². The quantitative estimate of drug-likeness (QED) is 0.409. The van der Waals surface area contributed by atoms with Crippen molar-refractivity contribution < 1.29 is 9.59 Å². The Kier molecular flexibility index (Phi) is 10.5. The molecule has 0 saturated heterocycles. The number of para-hydroxylation sites is 2. The lowest BCUT2D eigenvalue weighted by atomic mass is 10.1. The maximum Gasteiger partial charge on any atom is 0.224 e. The van der Waals surface area contributed by atoms with Crippen LogP contribution in [0.1, 0.15) is 64.2 Å². The molecule has 0 atom stereocenters. The molecule has 2 aromatic rings. The van der Waals surface area contributed by atoms with Gasteiger partial charge in [-0.1, -0.05) is 74.9 Å². The molecule has 2 amide bonds. The van der Waals surface area contributed by atoms with Gasteiger partial charge in [-0.2, -0.15) is 0 Å². The second-order valence-corrected chi connectivity index (χ2v) is 7.16. The van der Waals surface area contributed by atoms with Crippen molar-refractivity contribution in [3.05, 3.63) is 60.7 Å². The van der Waals surface area contributed by atoms with Crippen LogP contribution in [0.15, 0.2) is 60.7 Å². The summed E-state index contributed by atoms with van der Waals surface area (Å²) in [6.45, 7) is 0. The molecule has 2 aromatic carbocycles. The Morgan fingerprint density at radius 2 is 0.821 bits per heavy atom. The lowest BCUT2D eigenvalue weighted by Crippen LogP contribution is -2.10. The first-order valence-corrected chi connectivity index (χ1v) is 10.4. The minimum Gasteiger partial charge on any atom is -0.326 e. The zero-order valence-corrected chi connectivity index (χ0v) is 16.7. The summed E-state index contributed by atoms with van der Waals surface area (Å²) < 4.78 is 0. The summed E-state index contributed by atoms with van der Waals surface area (Å²) in [5.41, 5.74) is 1.73. The van der Waals surface area contributed by atoms with Gasteiger partial charge in [0.2, 0.25) is 11.8 Å². The van der Waals surface area contributed by atoms with E-state index >= 15 is 0 Å². The minimum absolute atomic E-state index is 0.0972. The first kappa shape index (κ1) is 21.7. The lowest BCUT2D eigenvalue weighted by Gasteiger charge is -2.06. The molecule has 0 radical (unpaired) electrons. The van der Waals surface area contributed by atoms with Crippen LogP contribution in [0.2, 0.25) is 0 Å². The molecule has 28 heavy (non-hydrogen) atoms. The smallest absolute Gasteiger partial charge is 0.224 e. The highest BCUT2D eigenvalue weighted by Crippen LogP contribution is 2.13. The van der Waals surface area contributed by atoms with Gasteiger partial charge in [0, 0.05) is 24.2 Å². The van der Waals surface area contributed by atoms with Crippen molar-refractivity contribution in [1.82, 2.24) is 0 Å². The normalized spacial score (nSPS) is 10.4. The fraction of sp³-hybridized carbons (Fsp3) is 0.417. The number of nitrogens with one attached hydrogen (secondary N) is 2. The van der Waals surface area contributed by atoms with Gasteiger partial charge in [-0.15, -0.1) is 0 Å². The molecule has 0 aromatic heterocycles. The van der Waals surface area contributed by atoms with Crippen LogP contribution >= 0.6 is 0 Å². The van der Waals surface area contributed by atoms with Gasteiger partial charge in [0.05, 0.1) is 0 Å². The summed E-state index contributed by atoms with van der Waals surface area (Å²) in [5.74, 6) is 0.194. The van der Waals surface area contributed by atoms with Crippen molar-refractivity contribution in [3.63, 3.8) is 0 Å². The number of amides is 2. The molecule has 0 aliphatic carbocycles. The number of anilines is 2. The Labute approximate surface area is 168 Å².